The molecule has 0 amide bonds. The molecular formula is C10H17ClN4. The molecule has 2 N–H and O–H groups in total. The smallest absolute Gasteiger partial charge is 0.0724 e. The van der Waals surface area contributed by atoms with Crippen molar-refractivity contribution in [2.24, 2.45) is 0 Å². The first-order valence-corrected chi connectivity index (χ1v) is 5.14. The van der Waals surface area contributed by atoms with Gasteiger partial charge in [0.15, 0.2) is 0 Å². The second kappa shape index (κ2) is 6.71. The van der Waals surface area contributed by atoms with Gasteiger partial charge in [-0.2, -0.15) is 0 Å². The Labute approximate surface area is 96.3 Å². The second-order valence-electron chi connectivity index (χ2n) is 3.60. The third-order valence-electron chi connectivity index (χ3n) is 2.53. The highest BCUT2D eigenvalue weighted by Gasteiger charge is 2.11. The van der Waals surface area contributed by atoms with Gasteiger partial charge in [0.25, 0.3) is 0 Å². The van der Waals surface area contributed by atoms with Gasteiger partial charge in [-0.05, 0) is 25.9 Å². The average molecular weight is 229 g/mol. The van der Waals surface area contributed by atoms with E-state index in [9.17, 15) is 0 Å². The van der Waals surface area contributed by atoms with E-state index in [0.29, 0.717) is 6.04 Å². The Morgan fingerprint density at radius 2 is 2.13 bits per heavy atom. The highest BCUT2D eigenvalue weighted by molar-refractivity contribution is 5.85. The molecule has 0 spiro atoms. The minimum Gasteiger partial charge on any atom is -0.317 e. The van der Waals surface area contributed by atoms with Crippen molar-refractivity contribution < 1.29 is 0 Å². The van der Waals surface area contributed by atoms with Crippen molar-refractivity contribution in [2.75, 3.05) is 13.1 Å². The van der Waals surface area contributed by atoms with Crippen LogP contribution in [0.5, 0.6) is 0 Å². The number of hydrogen-bond donors (Lipinski definition) is 2. The third kappa shape index (κ3) is 4.11. The molecule has 2 rings (SSSR count). The summed E-state index contributed by atoms with van der Waals surface area (Å²) in [5.74, 6) is 0. The van der Waals surface area contributed by atoms with Gasteiger partial charge in [-0.1, -0.05) is 0 Å². The molecule has 15 heavy (non-hydrogen) atoms. The van der Waals surface area contributed by atoms with Crippen molar-refractivity contribution in [3.8, 4) is 0 Å². The Hall–Kier alpha value is -0.710. The lowest BCUT2D eigenvalue weighted by Crippen LogP contribution is -2.39. The number of halogens is 1. The van der Waals surface area contributed by atoms with Crippen molar-refractivity contribution >= 4 is 12.4 Å². The van der Waals surface area contributed by atoms with Gasteiger partial charge < -0.3 is 10.6 Å². The molecule has 0 aliphatic carbocycles. The van der Waals surface area contributed by atoms with E-state index in [1.165, 1.54) is 12.8 Å². The van der Waals surface area contributed by atoms with Gasteiger partial charge >= 0.3 is 0 Å². The predicted molar refractivity (Wildman–Crippen MR) is 62.0 cm³/mol. The molecule has 1 fully saturated rings. The fraction of sp³-hybridized carbons (Fsp3) is 0.600. The minimum absolute atomic E-state index is 0. The molecule has 1 saturated heterocycles. The zero-order valence-corrected chi connectivity index (χ0v) is 9.46. The fourth-order valence-corrected chi connectivity index (χ4v) is 1.70. The van der Waals surface area contributed by atoms with Gasteiger partial charge in [0.05, 0.1) is 5.69 Å². The van der Waals surface area contributed by atoms with E-state index < -0.39 is 0 Å². The zero-order valence-electron chi connectivity index (χ0n) is 8.65. The lowest BCUT2D eigenvalue weighted by atomic mass is 10.1. The standard InChI is InChI=1S/C10H16N4.ClH/c1-3-11-4-2-9(1)14-8-10-7-12-5-6-13-10;/h5-7,9,11,14H,1-4,8H2;1H. The summed E-state index contributed by atoms with van der Waals surface area (Å²) in [5, 5.41) is 6.84. The summed E-state index contributed by atoms with van der Waals surface area (Å²) in [6.45, 7) is 3.08. The van der Waals surface area contributed by atoms with Gasteiger partial charge in [-0.3, -0.25) is 9.97 Å². The van der Waals surface area contributed by atoms with E-state index in [1.807, 2.05) is 6.20 Å². The third-order valence-corrected chi connectivity index (χ3v) is 2.53. The Kier molecular flexibility index (Phi) is 5.53. The van der Waals surface area contributed by atoms with Crippen LogP contribution in [0, 0.1) is 0 Å². The molecule has 0 bridgehead atoms. The van der Waals surface area contributed by atoms with Crippen molar-refractivity contribution in [2.45, 2.75) is 25.4 Å². The van der Waals surface area contributed by atoms with Crippen molar-refractivity contribution in [1.82, 2.24) is 20.6 Å². The molecule has 1 aromatic heterocycles. The summed E-state index contributed by atoms with van der Waals surface area (Å²) in [4.78, 5) is 8.26. The summed E-state index contributed by atoms with van der Waals surface area (Å²) >= 11 is 0. The van der Waals surface area contributed by atoms with Crippen LogP contribution in [0.15, 0.2) is 18.6 Å². The molecule has 2 heterocycles. The van der Waals surface area contributed by atoms with Gasteiger partial charge in [0.2, 0.25) is 0 Å². The SMILES string of the molecule is Cl.c1cnc(CNC2CCNCC2)cn1. The molecule has 84 valence electrons. The largest absolute Gasteiger partial charge is 0.317 e. The first-order chi connectivity index (χ1) is 6.95. The van der Waals surface area contributed by atoms with Crippen molar-refractivity contribution in [3.63, 3.8) is 0 Å². The number of piperidine rings is 1. The maximum atomic E-state index is 4.22. The highest BCUT2D eigenvalue weighted by Crippen LogP contribution is 2.02. The van der Waals surface area contributed by atoms with Crippen LogP contribution in [0.4, 0.5) is 0 Å². The van der Waals surface area contributed by atoms with Crippen LogP contribution in [0.25, 0.3) is 0 Å². The molecule has 0 aromatic carbocycles. The van der Waals surface area contributed by atoms with E-state index in [4.69, 9.17) is 0 Å². The lowest BCUT2D eigenvalue weighted by Gasteiger charge is -2.23. The van der Waals surface area contributed by atoms with E-state index >= 15 is 0 Å². The van der Waals surface area contributed by atoms with Crippen LogP contribution in [0.1, 0.15) is 18.5 Å². The van der Waals surface area contributed by atoms with E-state index in [2.05, 4.69) is 20.6 Å². The maximum Gasteiger partial charge on any atom is 0.0724 e. The number of hydrogen-bond acceptors (Lipinski definition) is 4. The lowest BCUT2D eigenvalue weighted by molar-refractivity contribution is 0.384. The number of rotatable bonds is 3. The predicted octanol–water partition coefficient (Wildman–Crippen LogP) is 0.740. The van der Waals surface area contributed by atoms with Gasteiger partial charge in [-0.15, -0.1) is 12.4 Å². The normalized spacial score (nSPS) is 17.1. The average Bonchev–Trinajstić information content (AvgIpc) is 2.29. The van der Waals surface area contributed by atoms with Gasteiger partial charge in [-0.25, -0.2) is 0 Å². The maximum absolute atomic E-state index is 4.22. The first kappa shape index (κ1) is 12.4. The molecule has 1 aromatic rings. The van der Waals surface area contributed by atoms with Crippen LogP contribution < -0.4 is 10.6 Å². The van der Waals surface area contributed by atoms with E-state index in [1.54, 1.807) is 12.4 Å². The Morgan fingerprint density at radius 1 is 1.33 bits per heavy atom. The molecule has 0 atom stereocenters. The molecule has 0 radical (unpaired) electrons. The van der Waals surface area contributed by atoms with Crippen LogP contribution in [0.3, 0.4) is 0 Å². The fourth-order valence-electron chi connectivity index (χ4n) is 1.70. The molecule has 0 saturated carbocycles. The Bertz CT molecular complexity index is 261. The van der Waals surface area contributed by atoms with Crippen LogP contribution in [-0.2, 0) is 6.54 Å². The van der Waals surface area contributed by atoms with Crippen LogP contribution in [0.2, 0.25) is 0 Å². The topological polar surface area (TPSA) is 49.8 Å². The number of nitrogens with zero attached hydrogens (tertiary/aromatic N) is 2. The Balaban J connectivity index is 0.00000112. The monoisotopic (exact) mass is 228 g/mol. The quantitative estimate of drug-likeness (QED) is 0.802. The van der Waals surface area contributed by atoms with Crippen molar-refractivity contribution in [1.29, 1.82) is 0 Å². The minimum atomic E-state index is 0. The number of aromatic nitrogens is 2. The molecule has 4 nitrogen and oxygen atoms in total. The van der Waals surface area contributed by atoms with Crippen molar-refractivity contribution in [3.05, 3.63) is 24.3 Å². The van der Waals surface area contributed by atoms with Gasteiger partial charge in [0.1, 0.15) is 0 Å². The summed E-state index contributed by atoms with van der Waals surface area (Å²) in [6.07, 6.45) is 7.67. The summed E-state index contributed by atoms with van der Waals surface area (Å²) in [5.41, 5.74) is 1.02. The van der Waals surface area contributed by atoms with Crippen LogP contribution in [-0.4, -0.2) is 29.1 Å². The molecular weight excluding hydrogens is 212 g/mol. The van der Waals surface area contributed by atoms with E-state index in [0.717, 1.165) is 25.3 Å². The first-order valence-electron chi connectivity index (χ1n) is 5.14. The molecule has 5 heteroatoms. The summed E-state index contributed by atoms with van der Waals surface area (Å²) in [6, 6.07) is 0.637. The molecule has 0 unspecified atom stereocenters. The van der Waals surface area contributed by atoms with Crippen LogP contribution >= 0.6 is 12.4 Å². The van der Waals surface area contributed by atoms with E-state index in [-0.39, 0.29) is 12.4 Å². The Morgan fingerprint density at radius 3 is 2.80 bits per heavy atom. The molecule has 1 aliphatic rings. The van der Waals surface area contributed by atoms with Gasteiger partial charge in [0, 0.05) is 31.2 Å². The number of nitrogens with one attached hydrogen (secondary N) is 2. The highest BCUT2D eigenvalue weighted by atomic mass is 35.5. The molecule has 1 aliphatic heterocycles. The summed E-state index contributed by atoms with van der Waals surface area (Å²) in [7, 11) is 0. The zero-order chi connectivity index (χ0) is 9.64. The summed E-state index contributed by atoms with van der Waals surface area (Å²) < 4.78 is 0. The second-order valence-corrected chi connectivity index (χ2v) is 3.60.